The Kier molecular flexibility index (Phi) is 8.83. The zero-order chi connectivity index (χ0) is 17.5. The predicted octanol–water partition coefficient (Wildman–Crippen LogP) is 4.54. The van der Waals surface area contributed by atoms with Crippen molar-refractivity contribution in [1.29, 1.82) is 0 Å². The highest BCUT2D eigenvalue weighted by Gasteiger charge is 2.12. The van der Waals surface area contributed by atoms with Crippen molar-refractivity contribution in [3.8, 4) is 11.5 Å². The standard InChI is InChI=1S/C19H24N2O2S.ClH/c1-13-10-14(2)12-17(11-13)23-16-6-4-15(5-7-16)21-19(22)18(20)8-9-24-3;/h4-7,10-12,18H,8-9,20H2,1-3H3,(H,21,22);1H/t18-;/m0./s1. The molecule has 6 heteroatoms. The van der Waals surface area contributed by atoms with Gasteiger partial charge in [-0.2, -0.15) is 11.8 Å². The molecule has 1 atom stereocenters. The largest absolute Gasteiger partial charge is 0.457 e. The normalized spacial score (nSPS) is 11.4. The third-order valence-electron chi connectivity index (χ3n) is 3.52. The van der Waals surface area contributed by atoms with Crippen molar-refractivity contribution in [2.75, 3.05) is 17.3 Å². The Bertz CT molecular complexity index is 672. The van der Waals surface area contributed by atoms with Crippen LogP contribution in [-0.2, 0) is 4.79 Å². The summed E-state index contributed by atoms with van der Waals surface area (Å²) in [4.78, 5) is 12.0. The average molecular weight is 381 g/mol. The molecule has 136 valence electrons. The van der Waals surface area contributed by atoms with E-state index < -0.39 is 6.04 Å². The number of carbonyl (C=O) groups is 1. The number of aryl methyl sites for hydroxylation is 2. The quantitative estimate of drug-likeness (QED) is 0.740. The molecule has 0 fully saturated rings. The zero-order valence-electron chi connectivity index (χ0n) is 14.7. The van der Waals surface area contributed by atoms with Gasteiger partial charge in [0.15, 0.2) is 0 Å². The molecule has 0 radical (unpaired) electrons. The first-order chi connectivity index (χ1) is 11.5. The van der Waals surface area contributed by atoms with Crippen molar-refractivity contribution in [1.82, 2.24) is 0 Å². The van der Waals surface area contributed by atoms with Gasteiger partial charge in [0.1, 0.15) is 11.5 Å². The summed E-state index contributed by atoms with van der Waals surface area (Å²) in [6.07, 6.45) is 2.67. The van der Waals surface area contributed by atoms with E-state index in [2.05, 4.69) is 11.4 Å². The smallest absolute Gasteiger partial charge is 0.241 e. The first-order valence-electron chi connectivity index (χ1n) is 7.89. The second-order valence-corrected chi connectivity index (χ2v) is 6.81. The third-order valence-corrected chi connectivity index (χ3v) is 4.17. The Balaban J connectivity index is 0.00000312. The number of hydrogen-bond acceptors (Lipinski definition) is 4. The maximum atomic E-state index is 12.0. The van der Waals surface area contributed by atoms with Crippen LogP contribution in [0.25, 0.3) is 0 Å². The van der Waals surface area contributed by atoms with Gasteiger partial charge in [-0.25, -0.2) is 0 Å². The lowest BCUT2D eigenvalue weighted by Crippen LogP contribution is -2.36. The van der Waals surface area contributed by atoms with E-state index in [9.17, 15) is 4.79 Å². The average Bonchev–Trinajstić information content (AvgIpc) is 2.53. The molecule has 0 heterocycles. The number of ether oxygens (including phenoxy) is 1. The van der Waals surface area contributed by atoms with Crippen molar-refractivity contribution in [3.05, 3.63) is 53.6 Å². The second-order valence-electron chi connectivity index (χ2n) is 5.83. The number of rotatable bonds is 7. The van der Waals surface area contributed by atoms with E-state index in [0.29, 0.717) is 12.1 Å². The van der Waals surface area contributed by atoms with Gasteiger partial charge in [-0.15, -0.1) is 12.4 Å². The molecule has 0 aliphatic carbocycles. The summed E-state index contributed by atoms with van der Waals surface area (Å²) in [5.41, 5.74) is 8.90. The first kappa shape index (κ1) is 21.4. The van der Waals surface area contributed by atoms with Gasteiger partial charge in [-0.05, 0) is 79.8 Å². The number of anilines is 1. The molecule has 4 nitrogen and oxygen atoms in total. The summed E-state index contributed by atoms with van der Waals surface area (Å²) in [6.45, 7) is 4.08. The molecule has 0 spiro atoms. The molecular formula is C19H25ClN2O2S. The molecule has 0 saturated heterocycles. The summed E-state index contributed by atoms with van der Waals surface area (Å²) < 4.78 is 5.86. The van der Waals surface area contributed by atoms with E-state index in [4.69, 9.17) is 10.5 Å². The Labute approximate surface area is 159 Å². The Morgan fingerprint density at radius 3 is 2.28 bits per heavy atom. The summed E-state index contributed by atoms with van der Waals surface area (Å²) in [5.74, 6) is 2.25. The SMILES string of the molecule is CSCC[C@H](N)C(=O)Nc1ccc(Oc2cc(C)cc(C)c2)cc1.Cl. The Hall–Kier alpha value is -1.69. The van der Waals surface area contributed by atoms with E-state index >= 15 is 0 Å². The molecule has 0 saturated carbocycles. The molecule has 2 aromatic carbocycles. The molecule has 1 amide bonds. The molecule has 0 unspecified atom stereocenters. The minimum Gasteiger partial charge on any atom is -0.457 e. The van der Waals surface area contributed by atoms with Crippen LogP contribution in [0.1, 0.15) is 17.5 Å². The number of nitrogens with two attached hydrogens (primary N) is 1. The summed E-state index contributed by atoms with van der Waals surface area (Å²) in [6, 6.07) is 12.9. The number of nitrogens with one attached hydrogen (secondary N) is 1. The highest BCUT2D eigenvalue weighted by molar-refractivity contribution is 7.98. The van der Waals surface area contributed by atoms with Crippen LogP contribution in [0.3, 0.4) is 0 Å². The fourth-order valence-electron chi connectivity index (χ4n) is 2.35. The molecular weight excluding hydrogens is 356 g/mol. The number of hydrogen-bond donors (Lipinski definition) is 2. The Morgan fingerprint density at radius 1 is 1.12 bits per heavy atom. The van der Waals surface area contributed by atoms with Gasteiger partial charge in [0, 0.05) is 5.69 Å². The van der Waals surface area contributed by atoms with Crippen LogP contribution < -0.4 is 15.8 Å². The minimum absolute atomic E-state index is 0. The lowest BCUT2D eigenvalue weighted by molar-refractivity contribution is -0.117. The van der Waals surface area contributed by atoms with Crippen molar-refractivity contribution in [3.63, 3.8) is 0 Å². The van der Waals surface area contributed by atoms with Gasteiger partial charge in [-0.3, -0.25) is 4.79 Å². The number of thioether (sulfide) groups is 1. The van der Waals surface area contributed by atoms with Crippen molar-refractivity contribution in [2.24, 2.45) is 5.73 Å². The van der Waals surface area contributed by atoms with Gasteiger partial charge >= 0.3 is 0 Å². The lowest BCUT2D eigenvalue weighted by atomic mass is 10.1. The maximum absolute atomic E-state index is 12.0. The molecule has 0 aromatic heterocycles. The van der Waals surface area contributed by atoms with Crippen molar-refractivity contribution < 1.29 is 9.53 Å². The summed E-state index contributed by atoms with van der Waals surface area (Å²) in [5, 5.41) is 2.83. The van der Waals surface area contributed by atoms with Crippen LogP contribution in [0.2, 0.25) is 0 Å². The fourth-order valence-corrected chi connectivity index (χ4v) is 2.83. The van der Waals surface area contributed by atoms with Crippen LogP contribution in [0.15, 0.2) is 42.5 Å². The highest BCUT2D eigenvalue weighted by atomic mass is 35.5. The van der Waals surface area contributed by atoms with Gasteiger partial charge in [0.05, 0.1) is 6.04 Å². The van der Waals surface area contributed by atoms with E-state index in [-0.39, 0.29) is 18.3 Å². The maximum Gasteiger partial charge on any atom is 0.241 e. The number of amides is 1. The first-order valence-corrected chi connectivity index (χ1v) is 9.29. The summed E-state index contributed by atoms with van der Waals surface area (Å²) in [7, 11) is 0. The predicted molar refractivity (Wildman–Crippen MR) is 109 cm³/mol. The van der Waals surface area contributed by atoms with E-state index in [1.165, 1.54) is 0 Å². The van der Waals surface area contributed by atoms with Crippen molar-refractivity contribution in [2.45, 2.75) is 26.3 Å². The Morgan fingerprint density at radius 2 is 1.72 bits per heavy atom. The zero-order valence-corrected chi connectivity index (χ0v) is 16.4. The van der Waals surface area contributed by atoms with E-state index in [1.807, 2.05) is 56.5 Å². The molecule has 2 aromatic rings. The highest BCUT2D eigenvalue weighted by Crippen LogP contribution is 2.25. The summed E-state index contributed by atoms with van der Waals surface area (Å²) >= 11 is 1.68. The topological polar surface area (TPSA) is 64.4 Å². The molecule has 0 aliphatic rings. The molecule has 25 heavy (non-hydrogen) atoms. The van der Waals surface area contributed by atoms with Gasteiger partial charge in [0.25, 0.3) is 0 Å². The van der Waals surface area contributed by atoms with E-state index in [0.717, 1.165) is 28.4 Å². The van der Waals surface area contributed by atoms with Gasteiger partial charge in [-0.1, -0.05) is 6.07 Å². The molecule has 0 aliphatic heterocycles. The van der Waals surface area contributed by atoms with Crippen LogP contribution in [0.4, 0.5) is 5.69 Å². The fraction of sp³-hybridized carbons (Fsp3) is 0.316. The van der Waals surface area contributed by atoms with Crippen molar-refractivity contribution >= 4 is 35.8 Å². The van der Waals surface area contributed by atoms with E-state index in [1.54, 1.807) is 11.8 Å². The number of halogens is 1. The van der Waals surface area contributed by atoms with Crippen LogP contribution >= 0.6 is 24.2 Å². The number of benzene rings is 2. The van der Waals surface area contributed by atoms with Crippen LogP contribution in [-0.4, -0.2) is 24.0 Å². The second kappa shape index (κ2) is 10.3. The molecule has 3 N–H and O–H groups in total. The molecule has 2 rings (SSSR count). The third kappa shape index (κ3) is 6.98. The van der Waals surface area contributed by atoms with Crippen LogP contribution in [0.5, 0.6) is 11.5 Å². The van der Waals surface area contributed by atoms with Gasteiger partial charge in [0.2, 0.25) is 5.91 Å². The van der Waals surface area contributed by atoms with Crippen LogP contribution in [0, 0.1) is 13.8 Å². The van der Waals surface area contributed by atoms with Gasteiger partial charge < -0.3 is 15.8 Å². The molecule has 0 bridgehead atoms. The minimum atomic E-state index is -0.483. The lowest BCUT2D eigenvalue weighted by Gasteiger charge is -2.12. The number of carbonyl (C=O) groups excluding carboxylic acids is 1. The monoisotopic (exact) mass is 380 g/mol.